The number of hydrogen-bond acceptors (Lipinski definition) is 8. The van der Waals surface area contributed by atoms with Gasteiger partial charge < -0.3 is 37.8 Å². The van der Waals surface area contributed by atoms with E-state index in [9.17, 15) is 29.1 Å². The molecule has 0 bridgehead atoms. The zero-order valence-electron chi connectivity index (χ0n) is 28.6. The highest BCUT2D eigenvalue weighted by Gasteiger charge is 2.31. The molecule has 0 spiro atoms. The van der Waals surface area contributed by atoms with E-state index in [1.807, 2.05) is 74.5 Å². The lowest BCUT2D eigenvalue weighted by molar-refractivity contribution is -0.134. The van der Waals surface area contributed by atoms with Crippen LogP contribution in [0.3, 0.4) is 0 Å². The maximum atomic E-state index is 13.8. The van der Waals surface area contributed by atoms with Crippen LogP contribution in [0.2, 0.25) is 0 Å². The number of pyridine rings is 1. The van der Waals surface area contributed by atoms with E-state index in [-0.39, 0.29) is 37.4 Å². The van der Waals surface area contributed by atoms with Crippen molar-refractivity contribution in [3.63, 3.8) is 0 Å². The number of unbranched alkanes of at least 4 members (excludes halogenated alkanes) is 1. The van der Waals surface area contributed by atoms with Crippen LogP contribution in [0.25, 0.3) is 0 Å². The first-order valence-electron chi connectivity index (χ1n) is 16.9. The number of nitrogens with one attached hydrogen (secondary N) is 4. The first kappa shape index (κ1) is 39.3. The molecule has 13 heteroatoms. The van der Waals surface area contributed by atoms with Gasteiger partial charge in [-0.15, -0.1) is 0 Å². The second-order valence-corrected chi connectivity index (χ2v) is 12.7. The van der Waals surface area contributed by atoms with Gasteiger partial charge in [-0.2, -0.15) is 0 Å². The Morgan fingerprint density at radius 3 is 1.90 bits per heavy atom. The summed E-state index contributed by atoms with van der Waals surface area (Å²) >= 11 is 0. The van der Waals surface area contributed by atoms with Gasteiger partial charge in [-0.1, -0.05) is 74.5 Å². The molecule has 1 heterocycles. The molecule has 50 heavy (non-hydrogen) atoms. The summed E-state index contributed by atoms with van der Waals surface area (Å²) in [6.45, 7) is 4.24. The lowest BCUT2D eigenvalue weighted by Crippen LogP contribution is -2.58. The normalized spacial score (nSPS) is 13.4. The van der Waals surface area contributed by atoms with Crippen molar-refractivity contribution < 1.29 is 29.1 Å². The lowest BCUT2D eigenvalue weighted by atomic mass is 9.99. The van der Waals surface area contributed by atoms with Crippen LogP contribution in [-0.4, -0.2) is 70.4 Å². The standard InChI is InChI=1S/C37H49N7O6/c1-24(2)19-30(35(47)42-29(15-9-10-17-38)34(46)41-23-27-16-18-40-32(22-27)37(49)50)44-36(48)31(21-26-13-7-4-8-14-26)43-33(45)28(39)20-25-11-5-3-6-12-25/h3-8,11-14,16,18,22,24,28-31H,9-10,15,17,19-21,23,38-39H2,1-2H3,(H,41,46)(H,42,47)(H,43,45)(H,44,48)(H,49,50)/t28-,29-,30-,31-/m1/s1. The van der Waals surface area contributed by atoms with Gasteiger partial charge in [-0.3, -0.25) is 19.2 Å². The number of hydrogen-bond donors (Lipinski definition) is 7. The van der Waals surface area contributed by atoms with E-state index in [0.29, 0.717) is 31.4 Å². The zero-order valence-corrected chi connectivity index (χ0v) is 28.6. The van der Waals surface area contributed by atoms with Crippen molar-refractivity contribution in [2.45, 2.75) is 83.1 Å². The molecule has 268 valence electrons. The summed E-state index contributed by atoms with van der Waals surface area (Å²) in [5.41, 5.74) is 14.0. The van der Waals surface area contributed by atoms with Gasteiger partial charge >= 0.3 is 5.97 Å². The maximum absolute atomic E-state index is 13.8. The summed E-state index contributed by atoms with van der Waals surface area (Å²) < 4.78 is 0. The van der Waals surface area contributed by atoms with Gasteiger partial charge in [0.25, 0.3) is 0 Å². The number of rotatable bonds is 20. The van der Waals surface area contributed by atoms with Gasteiger partial charge in [0.2, 0.25) is 23.6 Å². The Morgan fingerprint density at radius 1 is 0.720 bits per heavy atom. The summed E-state index contributed by atoms with van der Waals surface area (Å²) in [7, 11) is 0. The molecular formula is C37H49N7O6. The van der Waals surface area contributed by atoms with E-state index in [4.69, 9.17) is 11.5 Å². The van der Waals surface area contributed by atoms with E-state index in [1.165, 1.54) is 12.3 Å². The number of aromatic nitrogens is 1. The number of carboxylic acid groups (broad SMARTS) is 1. The molecule has 3 aromatic rings. The molecule has 0 saturated heterocycles. The third kappa shape index (κ3) is 13.4. The average Bonchev–Trinajstić information content (AvgIpc) is 3.10. The fraction of sp³-hybridized carbons (Fsp3) is 0.405. The van der Waals surface area contributed by atoms with Crippen LogP contribution in [0.5, 0.6) is 0 Å². The number of nitrogens with two attached hydrogens (primary N) is 2. The first-order valence-corrected chi connectivity index (χ1v) is 16.9. The number of aromatic carboxylic acids is 1. The van der Waals surface area contributed by atoms with Crippen LogP contribution < -0.4 is 32.7 Å². The Balaban J connectivity index is 1.75. The second kappa shape index (κ2) is 20.4. The summed E-state index contributed by atoms with van der Waals surface area (Å²) in [6.07, 6.45) is 3.53. The summed E-state index contributed by atoms with van der Waals surface area (Å²) in [5, 5.41) is 20.4. The monoisotopic (exact) mass is 687 g/mol. The lowest BCUT2D eigenvalue weighted by Gasteiger charge is -2.27. The van der Waals surface area contributed by atoms with Crippen molar-refractivity contribution >= 4 is 29.6 Å². The minimum Gasteiger partial charge on any atom is -0.477 e. The van der Waals surface area contributed by atoms with Crippen molar-refractivity contribution in [1.29, 1.82) is 0 Å². The number of nitrogens with zero attached hydrogens (tertiary/aromatic N) is 1. The van der Waals surface area contributed by atoms with Crippen LogP contribution in [0.1, 0.15) is 66.7 Å². The Morgan fingerprint density at radius 2 is 1.30 bits per heavy atom. The smallest absolute Gasteiger partial charge is 0.354 e. The Kier molecular flexibility index (Phi) is 16.0. The van der Waals surface area contributed by atoms with Crippen LogP contribution in [0, 0.1) is 5.92 Å². The van der Waals surface area contributed by atoms with E-state index in [2.05, 4.69) is 26.3 Å². The molecule has 2 aromatic carbocycles. The highest BCUT2D eigenvalue weighted by atomic mass is 16.4. The molecule has 0 saturated carbocycles. The van der Waals surface area contributed by atoms with Crippen molar-refractivity contribution in [1.82, 2.24) is 26.3 Å². The number of carbonyl (C=O) groups excluding carboxylic acids is 4. The summed E-state index contributed by atoms with van der Waals surface area (Å²) in [4.78, 5) is 69.2. The molecule has 0 unspecified atom stereocenters. The SMILES string of the molecule is CC(C)C[C@@H](NC(=O)[C@@H](Cc1ccccc1)NC(=O)[C@H](N)Cc1ccccc1)C(=O)N[C@H](CCCCN)C(=O)NCc1ccnc(C(=O)O)c1. The predicted octanol–water partition coefficient (Wildman–Crippen LogP) is 1.84. The Labute approximate surface area is 293 Å². The number of amides is 4. The van der Waals surface area contributed by atoms with Gasteiger partial charge in [0.15, 0.2) is 0 Å². The van der Waals surface area contributed by atoms with Crippen LogP contribution >= 0.6 is 0 Å². The minimum atomic E-state index is -1.19. The Bertz CT molecular complexity index is 1550. The van der Waals surface area contributed by atoms with Gasteiger partial charge in [-0.05, 0) is 73.4 Å². The van der Waals surface area contributed by atoms with Gasteiger partial charge in [0.1, 0.15) is 23.8 Å². The van der Waals surface area contributed by atoms with Crippen molar-refractivity contribution in [2.75, 3.05) is 6.54 Å². The van der Waals surface area contributed by atoms with Crippen molar-refractivity contribution in [3.05, 3.63) is 101 Å². The van der Waals surface area contributed by atoms with Gasteiger partial charge in [0.05, 0.1) is 6.04 Å². The summed E-state index contributed by atoms with van der Waals surface area (Å²) in [6, 6.07) is 17.6. The van der Waals surface area contributed by atoms with E-state index >= 15 is 0 Å². The fourth-order valence-electron chi connectivity index (χ4n) is 5.32. The molecule has 0 aliphatic heterocycles. The molecular weight excluding hydrogens is 638 g/mol. The van der Waals surface area contributed by atoms with Crippen LogP contribution in [0.15, 0.2) is 79.0 Å². The average molecular weight is 688 g/mol. The number of benzene rings is 2. The third-order valence-corrected chi connectivity index (χ3v) is 7.98. The van der Waals surface area contributed by atoms with E-state index < -0.39 is 53.8 Å². The molecule has 0 aliphatic carbocycles. The molecule has 4 amide bonds. The quantitative estimate of drug-likeness (QED) is 0.0861. The highest BCUT2D eigenvalue weighted by Crippen LogP contribution is 2.11. The molecule has 9 N–H and O–H groups in total. The number of carboxylic acids is 1. The zero-order chi connectivity index (χ0) is 36.5. The molecule has 4 atom stereocenters. The van der Waals surface area contributed by atoms with Gasteiger partial charge in [-0.25, -0.2) is 9.78 Å². The first-order chi connectivity index (χ1) is 24.0. The molecule has 0 fully saturated rings. The van der Waals surface area contributed by atoms with E-state index in [0.717, 1.165) is 11.1 Å². The fourth-order valence-corrected chi connectivity index (χ4v) is 5.32. The highest BCUT2D eigenvalue weighted by molar-refractivity contribution is 5.95. The Hall–Kier alpha value is -5.14. The largest absolute Gasteiger partial charge is 0.477 e. The molecule has 0 radical (unpaired) electrons. The number of carbonyl (C=O) groups is 5. The topological polar surface area (TPSA) is 219 Å². The molecule has 0 aliphatic rings. The van der Waals surface area contributed by atoms with Crippen LogP contribution in [-0.2, 0) is 38.6 Å². The molecule has 13 nitrogen and oxygen atoms in total. The van der Waals surface area contributed by atoms with E-state index in [1.54, 1.807) is 6.07 Å². The predicted molar refractivity (Wildman–Crippen MR) is 189 cm³/mol. The maximum Gasteiger partial charge on any atom is 0.354 e. The second-order valence-electron chi connectivity index (χ2n) is 12.7. The summed E-state index contributed by atoms with van der Waals surface area (Å²) in [5.74, 6) is -3.29. The van der Waals surface area contributed by atoms with Crippen molar-refractivity contribution in [2.24, 2.45) is 17.4 Å². The third-order valence-electron chi connectivity index (χ3n) is 7.98. The van der Waals surface area contributed by atoms with Crippen molar-refractivity contribution in [3.8, 4) is 0 Å². The van der Waals surface area contributed by atoms with Gasteiger partial charge in [0, 0.05) is 19.2 Å². The minimum absolute atomic E-state index is 0.00727. The molecule has 1 aromatic heterocycles. The molecule has 3 rings (SSSR count). The van der Waals surface area contributed by atoms with Crippen LogP contribution in [0.4, 0.5) is 0 Å².